The van der Waals surface area contributed by atoms with E-state index in [-0.39, 0.29) is 11.5 Å². The van der Waals surface area contributed by atoms with Crippen molar-refractivity contribution in [1.82, 2.24) is 0 Å². The molecule has 2 aromatic carbocycles. The van der Waals surface area contributed by atoms with Gasteiger partial charge in [-0.25, -0.2) is 4.79 Å². The highest BCUT2D eigenvalue weighted by molar-refractivity contribution is 5.91. The Morgan fingerprint density at radius 1 is 0.939 bits per heavy atom. The standard InChI is InChI=1S/C24H28F3N3O3/c1-2-3-4-5-6-7-11-22(31)29-20-12-14-21(15-13-20)30-23(32)33-28-17-18-9-8-10-19(16-18)24(25,26)27/h8-10,12-17H,2-7,11H2,1H3,(H,29,31)(H,30,32). The topological polar surface area (TPSA) is 79.8 Å². The van der Waals surface area contributed by atoms with E-state index in [9.17, 15) is 22.8 Å². The molecule has 0 aliphatic heterocycles. The number of nitrogens with zero attached hydrogens (tertiary/aromatic N) is 1. The molecular formula is C24H28F3N3O3. The lowest BCUT2D eigenvalue weighted by Crippen LogP contribution is -2.12. The van der Waals surface area contributed by atoms with Gasteiger partial charge in [0.15, 0.2) is 0 Å². The van der Waals surface area contributed by atoms with Crippen LogP contribution in [0.15, 0.2) is 53.7 Å². The third-order valence-electron chi connectivity index (χ3n) is 4.72. The van der Waals surface area contributed by atoms with Crippen LogP contribution in [-0.4, -0.2) is 18.2 Å². The Kier molecular flexibility index (Phi) is 10.4. The predicted octanol–water partition coefficient (Wildman–Crippen LogP) is 6.98. The minimum absolute atomic E-state index is 0.0606. The molecule has 178 valence electrons. The molecular weight excluding hydrogens is 435 g/mol. The van der Waals surface area contributed by atoms with Gasteiger partial charge in [0.25, 0.3) is 0 Å². The van der Waals surface area contributed by atoms with E-state index < -0.39 is 17.8 Å². The first-order valence-corrected chi connectivity index (χ1v) is 10.9. The van der Waals surface area contributed by atoms with Crippen LogP contribution in [0.1, 0.15) is 63.0 Å². The molecule has 9 heteroatoms. The summed E-state index contributed by atoms with van der Waals surface area (Å²) in [6, 6.07) is 10.9. The van der Waals surface area contributed by atoms with Gasteiger partial charge in [-0.3, -0.25) is 14.9 Å². The lowest BCUT2D eigenvalue weighted by molar-refractivity contribution is -0.137. The molecule has 33 heavy (non-hydrogen) atoms. The van der Waals surface area contributed by atoms with Crippen LogP contribution in [0.4, 0.5) is 29.3 Å². The molecule has 0 unspecified atom stereocenters. The highest BCUT2D eigenvalue weighted by Gasteiger charge is 2.30. The molecule has 0 radical (unpaired) electrons. The first-order chi connectivity index (χ1) is 15.8. The van der Waals surface area contributed by atoms with Crippen molar-refractivity contribution in [2.45, 2.75) is 58.0 Å². The van der Waals surface area contributed by atoms with Gasteiger partial charge in [0.2, 0.25) is 5.91 Å². The summed E-state index contributed by atoms with van der Waals surface area (Å²) in [5.74, 6) is -0.0606. The van der Waals surface area contributed by atoms with Gasteiger partial charge in [-0.05, 0) is 48.4 Å². The Balaban J connectivity index is 1.74. The minimum Gasteiger partial charge on any atom is -0.326 e. The van der Waals surface area contributed by atoms with Gasteiger partial charge in [0.05, 0.1) is 11.8 Å². The van der Waals surface area contributed by atoms with Crippen LogP contribution in [0.25, 0.3) is 0 Å². The molecule has 0 bridgehead atoms. The second-order valence-electron chi connectivity index (χ2n) is 7.50. The van der Waals surface area contributed by atoms with Crippen molar-refractivity contribution < 1.29 is 27.6 Å². The molecule has 6 nitrogen and oxygen atoms in total. The second kappa shape index (κ2) is 13.2. The average molecular weight is 464 g/mol. The Bertz CT molecular complexity index is 929. The van der Waals surface area contributed by atoms with Crippen LogP contribution in [0.2, 0.25) is 0 Å². The second-order valence-corrected chi connectivity index (χ2v) is 7.50. The van der Waals surface area contributed by atoms with Crippen LogP contribution in [0.5, 0.6) is 0 Å². The maximum Gasteiger partial charge on any atom is 0.437 e. The van der Waals surface area contributed by atoms with Gasteiger partial charge in [-0.15, -0.1) is 0 Å². The predicted molar refractivity (Wildman–Crippen MR) is 122 cm³/mol. The van der Waals surface area contributed by atoms with E-state index in [0.29, 0.717) is 17.8 Å². The zero-order valence-electron chi connectivity index (χ0n) is 18.5. The van der Waals surface area contributed by atoms with Gasteiger partial charge < -0.3 is 5.32 Å². The summed E-state index contributed by atoms with van der Waals surface area (Å²) < 4.78 is 38.1. The fourth-order valence-corrected chi connectivity index (χ4v) is 3.00. The maximum atomic E-state index is 12.7. The van der Waals surface area contributed by atoms with Crippen molar-refractivity contribution in [2.75, 3.05) is 10.6 Å². The summed E-state index contributed by atoms with van der Waals surface area (Å²) in [6.07, 6.45) is 2.74. The monoisotopic (exact) mass is 463 g/mol. The number of amides is 2. The molecule has 0 atom stereocenters. The third kappa shape index (κ3) is 10.2. The Labute approximate surface area is 191 Å². The molecule has 0 fully saturated rings. The summed E-state index contributed by atoms with van der Waals surface area (Å²) in [6.45, 7) is 2.16. The number of carbonyl (C=O) groups is 2. The number of rotatable bonds is 11. The first-order valence-electron chi connectivity index (χ1n) is 10.9. The van der Waals surface area contributed by atoms with Crippen molar-refractivity contribution in [3.8, 4) is 0 Å². The molecule has 2 rings (SSSR count). The van der Waals surface area contributed by atoms with E-state index in [2.05, 4.69) is 27.6 Å². The Hall–Kier alpha value is -3.36. The van der Waals surface area contributed by atoms with Crippen molar-refractivity contribution in [1.29, 1.82) is 0 Å². The molecule has 0 saturated carbocycles. The van der Waals surface area contributed by atoms with Gasteiger partial charge >= 0.3 is 12.3 Å². The Morgan fingerprint density at radius 3 is 2.24 bits per heavy atom. The fourth-order valence-electron chi connectivity index (χ4n) is 3.00. The average Bonchev–Trinajstić information content (AvgIpc) is 2.77. The number of benzene rings is 2. The van der Waals surface area contributed by atoms with Crippen molar-refractivity contribution >= 4 is 29.6 Å². The SMILES string of the molecule is CCCCCCCCC(=O)Nc1ccc(NC(=O)ON=Cc2cccc(C(F)(F)F)c2)cc1. The van der Waals surface area contributed by atoms with Crippen LogP contribution < -0.4 is 10.6 Å². The van der Waals surface area contributed by atoms with Crippen molar-refractivity contribution in [2.24, 2.45) is 5.16 Å². The summed E-state index contributed by atoms with van der Waals surface area (Å²) in [5.41, 5.74) is 0.324. The molecule has 2 aromatic rings. The van der Waals surface area contributed by atoms with Gasteiger partial charge in [-0.2, -0.15) is 13.2 Å². The summed E-state index contributed by atoms with van der Waals surface area (Å²) in [4.78, 5) is 28.4. The molecule has 0 aliphatic carbocycles. The number of carbonyl (C=O) groups excluding carboxylic acids is 2. The van der Waals surface area contributed by atoms with Gasteiger partial charge in [0.1, 0.15) is 0 Å². The number of nitrogens with one attached hydrogen (secondary N) is 2. The highest BCUT2D eigenvalue weighted by Crippen LogP contribution is 2.29. The van der Waals surface area contributed by atoms with Crippen molar-refractivity contribution in [3.63, 3.8) is 0 Å². The number of hydrogen-bond donors (Lipinski definition) is 2. The zero-order chi connectivity index (χ0) is 24.1. The molecule has 0 aliphatic rings. The van der Waals surface area contributed by atoms with Crippen LogP contribution in [-0.2, 0) is 15.8 Å². The van der Waals surface area contributed by atoms with Gasteiger partial charge in [0, 0.05) is 17.8 Å². The minimum atomic E-state index is -4.47. The highest BCUT2D eigenvalue weighted by atomic mass is 19.4. The smallest absolute Gasteiger partial charge is 0.326 e. The first kappa shape index (κ1) is 25.9. The summed E-state index contributed by atoms with van der Waals surface area (Å²) >= 11 is 0. The van der Waals surface area contributed by atoms with Crippen LogP contribution in [0, 0.1) is 0 Å². The van der Waals surface area contributed by atoms with Crippen LogP contribution in [0.3, 0.4) is 0 Å². The number of alkyl halides is 3. The number of hydrogen-bond acceptors (Lipinski definition) is 4. The largest absolute Gasteiger partial charge is 0.437 e. The molecule has 2 N–H and O–H groups in total. The summed E-state index contributed by atoms with van der Waals surface area (Å²) in [7, 11) is 0. The number of halogens is 3. The van der Waals surface area contributed by atoms with Gasteiger partial charge in [-0.1, -0.05) is 56.3 Å². The van der Waals surface area contributed by atoms with E-state index in [1.165, 1.54) is 31.4 Å². The molecule has 0 saturated heterocycles. The Morgan fingerprint density at radius 2 is 1.58 bits per heavy atom. The van der Waals surface area contributed by atoms with E-state index >= 15 is 0 Å². The van der Waals surface area contributed by atoms with E-state index in [4.69, 9.17) is 0 Å². The molecule has 0 heterocycles. The third-order valence-corrected chi connectivity index (χ3v) is 4.72. The zero-order valence-corrected chi connectivity index (χ0v) is 18.5. The van der Waals surface area contributed by atoms with Crippen molar-refractivity contribution in [3.05, 3.63) is 59.7 Å². The normalized spacial score (nSPS) is 11.4. The van der Waals surface area contributed by atoms with E-state index in [0.717, 1.165) is 37.6 Å². The maximum absolute atomic E-state index is 12.7. The van der Waals surface area contributed by atoms with Crippen LogP contribution >= 0.6 is 0 Å². The van der Waals surface area contributed by atoms with E-state index in [1.807, 2.05) is 0 Å². The summed E-state index contributed by atoms with van der Waals surface area (Å²) in [5, 5.41) is 8.65. The quantitative estimate of drug-likeness (QED) is 0.163. The lowest BCUT2D eigenvalue weighted by atomic mass is 10.1. The van der Waals surface area contributed by atoms with E-state index in [1.54, 1.807) is 24.3 Å². The number of unbranched alkanes of at least 4 members (excludes halogenated alkanes) is 5. The molecule has 0 spiro atoms. The molecule has 2 amide bonds. The lowest BCUT2D eigenvalue weighted by Gasteiger charge is -2.07. The fraction of sp³-hybridized carbons (Fsp3) is 0.375. The molecule has 0 aromatic heterocycles. The number of anilines is 2. The number of oxime groups is 1.